The number of fused-ring (bicyclic) bond motifs is 1. The number of aromatic nitrogens is 2. The van der Waals surface area contributed by atoms with Crippen LogP contribution in [0.3, 0.4) is 0 Å². The van der Waals surface area contributed by atoms with Crippen LogP contribution < -0.4 is 10.6 Å². The number of anilines is 1. The van der Waals surface area contributed by atoms with Gasteiger partial charge in [0.2, 0.25) is 5.91 Å². The quantitative estimate of drug-likeness (QED) is 0.840. The number of imidazole rings is 1. The number of carbonyl (C=O) groups is 1. The van der Waals surface area contributed by atoms with Gasteiger partial charge in [0.25, 0.3) is 0 Å². The number of hydrogen-bond acceptors (Lipinski definition) is 3. The Kier molecular flexibility index (Phi) is 5.13. The molecule has 5 nitrogen and oxygen atoms in total. The number of halogens is 1. The average Bonchev–Trinajstić information content (AvgIpc) is 3.00. The molecule has 1 aliphatic rings. The number of nitrogens with one attached hydrogen (secondary N) is 2. The Morgan fingerprint density at radius 2 is 2.35 bits per heavy atom. The molecule has 0 fully saturated rings. The minimum atomic E-state index is 0.0258. The summed E-state index contributed by atoms with van der Waals surface area (Å²) in [6.45, 7) is 3.68. The fraction of sp³-hybridized carbons (Fsp3) is 0.412. The van der Waals surface area contributed by atoms with Crippen molar-refractivity contribution in [2.75, 3.05) is 11.9 Å². The van der Waals surface area contributed by atoms with Crippen molar-refractivity contribution in [1.82, 2.24) is 14.9 Å². The molecule has 0 saturated carbocycles. The predicted molar refractivity (Wildman–Crippen MR) is 94.3 cm³/mol. The number of rotatable bonds is 5. The van der Waals surface area contributed by atoms with Gasteiger partial charge in [-0.25, -0.2) is 4.98 Å². The summed E-state index contributed by atoms with van der Waals surface area (Å²) < 4.78 is 3.15. The molecule has 1 atom stereocenters. The number of hydrogen-bond donors (Lipinski definition) is 2. The Hall–Kier alpha value is -1.66. The molecular weight excluding hydrogens is 356 g/mol. The van der Waals surface area contributed by atoms with Crippen LogP contribution >= 0.6 is 15.9 Å². The highest BCUT2D eigenvalue weighted by atomic mass is 79.9. The second-order valence-electron chi connectivity index (χ2n) is 5.89. The van der Waals surface area contributed by atoms with Crippen molar-refractivity contribution < 1.29 is 4.79 Å². The second-order valence-corrected chi connectivity index (χ2v) is 6.80. The molecule has 6 heteroatoms. The first-order valence-corrected chi connectivity index (χ1v) is 8.73. The highest BCUT2D eigenvalue weighted by Gasteiger charge is 2.20. The number of amides is 1. The van der Waals surface area contributed by atoms with E-state index in [1.807, 2.05) is 37.5 Å². The lowest BCUT2D eigenvalue weighted by Gasteiger charge is -2.24. The molecule has 0 radical (unpaired) electrons. The van der Waals surface area contributed by atoms with Crippen LogP contribution in [-0.4, -0.2) is 22.0 Å². The fourth-order valence-corrected chi connectivity index (χ4v) is 3.27. The first-order chi connectivity index (χ1) is 11.1. The Labute approximate surface area is 144 Å². The molecule has 1 aliphatic heterocycles. The van der Waals surface area contributed by atoms with Gasteiger partial charge >= 0.3 is 0 Å². The molecule has 1 aromatic carbocycles. The number of nitrogens with zero attached hydrogens (tertiary/aromatic N) is 2. The van der Waals surface area contributed by atoms with Gasteiger partial charge in [0.1, 0.15) is 5.82 Å². The molecule has 1 aromatic heterocycles. The van der Waals surface area contributed by atoms with Gasteiger partial charge in [0.15, 0.2) is 0 Å². The lowest BCUT2D eigenvalue weighted by Crippen LogP contribution is -2.30. The van der Waals surface area contributed by atoms with Crippen molar-refractivity contribution in [3.8, 4) is 0 Å². The summed E-state index contributed by atoms with van der Waals surface area (Å²) in [5, 5.41) is 6.43. The summed E-state index contributed by atoms with van der Waals surface area (Å²) in [5.74, 6) is 1.11. The van der Waals surface area contributed by atoms with Crippen molar-refractivity contribution in [1.29, 1.82) is 0 Å². The third kappa shape index (κ3) is 4.00. The van der Waals surface area contributed by atoms with Crippen molar-refractivity contribution in [3.63, 3.8) is 0 Å². The fourth-order valence-electron chi connectivity index (χ4n) is 2.91. The maximum Gasteiger partial charge on any atom is 0.225 e. The first kappa shape index (κ1) is 16.2. The predicted octanol–water partition coefficient (Wildman–Crippen LogP) is 3.41. The molecule has 0 bridgehead atoms. The zero-order chi connectivity index (χ0) is 16.2. The van der Waals surface area contributed by atoms with Gasteiger partial charge in [-0.2, -0.15) is 0 Å². The summed E-state index contributed by atoms with van der Waals surface area (Å²) in [4.78, 5) is 16.5. The standard InChI is InChI=1S/C17H21BrN4O/c1-12-4-5-13(18)11-15(12)21-16(23)6-7-19-14-3-2-9-22-10-8-20-17(14)22/h4-5,8,10-11,14,19H,2-3,6-7,9H2,1H3,(H,21,23). The monoisotopic (exact) mass is 376 g/mol. The molecule has 23 heavy (non-hydrogen) atoms. The lowest BCUT2D eigenvalue weighted by atomic mass is 10.1. The average molecular weight is 377 g/mol. The number of benzene rings is 1. The maximum absolute atomic E-state index is 12.1. The van der Waals surface area contributed by atoms with Crippen LogP contribution in [-0.2, 0) is 11.3 Å². The summed E-state index contributed by atoms with van der Waals surface area (Å²) in [5.41, 5.74) is 1.92. The summed E-state index contributed by atoms with van der Waals surface area (Å²) in [6, 6.07) is 6.13. The van der Waals surface area contributed by atoms with E-state index in [1.54, 1.807) is 0 Å². The number of aryl methyl sites for hydroxylation is 2. The van der Waals surface area contributed by atoms with Crippen LogP contribution in [0.25, 0.3) is 0 Å². The zero-order valence-electron chi connectivity index (χ0n) is 13.2. The van der Waals surface area contributed by atoms with Gasteiger partial charge in [0, 0.05) is 42.1 Å². The summed E-state index contributed by atoms with van der Waals surface area (Å²) >= 11 is 3.43. The van der Waals surface area contributed by atoms with Gasteiger partial charge < -0.3 is 15.2 Å². The molecular formula is C17H21BrN4O. The van der Waals surface area contributed by atoms with E-state index < -0.39 is 0 Å². The van der Waals surface area contributed by atoms with Crippen LogP contribution in [0.4, 0.5) is 5.69 Å². The van der Waals surface area contributed by atoms with Crippen LogP contribution in [0.2, 0.25) is 0 Å². The highest BCUT2D eigenvalue weighted by molar-refractivity contribution is 9.10. The SMILES string of the molecule is Cc1ccc(Br)cc1NC(=O)CCNC1CCCn2ccnc21. The molecule has 2 heterocycles. The van der Waals surface area contributed by atoms with Crippen molar-refractivity contribution >= 4 is 27.5 Å². The first-order valence-electron chi connectivity index (χ1n) is 7.94. The third-order valence-electron chi connectivity index (χ3n) is 4.17. The summed E-state index contributed by atoms with van der Waals surface area (Å²) in [7, 11) is 0. The van der Waals surface area contributed by atoms with Crippen molar-refractivity contribution in [3.05, 3.63) is 46.5 Å². The topological polar surface area (TPSA) is 59.0 Å². The largest absolute Gasteiger partial charge is 0.334 e. The van der Waals surface area contributed by atoms with Crippen LogP contribution in [0, 0.1) is 6.92 Å². The Morgan fingerprint density at radius 3 is 3.22 bits per heavy atom. The Bertz CT molecular complexity index is 698. The molecule has 3 rings (SSSR count). The van der Waals surface area contributed by atoms with Crippen LogP contribution in [0.15, 0.2) is 35.1 Å². The van der Waals surface area contributed by atoms with Gasteiger partial charge in [0.05, 0.1) is 6.04 Å². The molecule has 2 N–H and O–H groups in total. The molecule has 0 saturated heterocycles. The van der Waals surface area contributed by atoms with E-state index in [-0.39, 0.29) is 11.9 Å². The van der Waals surface area contributed by atoms with Crippen LogP contribution in [0.5, 0.6) is 0 Å². The minimum absolute atomic E-state index is 0.0258. The molecule has 122 valence electrons. The van der Waals surface area contributed by atoms with Gasteiger partial charge in [-0.05, 0) is 37.5 Å². The van der Waals surface area contributed by atoms with Crippen molar-refractivity contribution in [2.24, 2.45) is 0 Å². The van der Waals surface area contributed by atoms with E-state index in [0.29, 0.717) is 13.0 Å². The molecule has 0 aliphatic carbocycles. The molecule has 0 spiro atoms. The molecule has 1 unspecified atom stereocenters. The van der Waals surface area contributed by atoms with Gasteiger partial charge in [-0.15, -0.1) is 0 Å². The van der Waals surface area contributed by atoms with E-state index in [4.69, 9.17) is 0 Å². The van der Waals surface area contributed by atoms with E-state index in [1.165, 1.54) is 0 Å². The smallest absolute Gasteiger partial charge is 0.225 e. The molecule has 1 amide bonds. The van der Waals surface area contributed by atoms with E-state index in [9.17, 15) is 4.79 Å². The zero-order valence-corrected chi connectivity index (χ0v) is 14.8. The second kappa shape index (κ2) is 7.27. The third-order valence-corrected chi connectivity index (χ3v) is 4.66. The maximum atomic E-state index is 12.1. The highest BCUT2D eigenvalue weighted by Crippen LogP contribution is 2.23. The van der Waals surface area contributed by atoms with E-state index >= 15 is 0 Å². The lowest BCUT2D eigenvalue weighted by molar-refractivity contribution is -0.116. The van der Waals surface area contributed by atoms with Gasteiger partial charge in [-0.3, -0.25) is 4.79 Å². The minimum Gasteiger partial charge on any atom is -0.334 e. The molecule has 2 aromatic rings. The van der Waals surface area contributed by atoms with E-state index in [2.05, 4.69) is 36.1 Å². The normalized spacial score (nSPS) is 16.9. The number of carbonyl (C=O) groups excluding carboxylic acids is 1. The Balaban J connectivity index is 1.50. The van der Waals surface area contributed by atoms with Crippen LogP contribution in [0.1, 0.15) is 36.7 Å². The Morgan fingerprint density at radius 1 is 1.48 bits per heavy atom. The van der Waals surface area contributed by atoms with E-state index in [0.717, 1.165) is 40.9 Å². The summed E-state index contributed by atoms with van der Waals surface area (Å²) in [6.07, 6.45) is 6.53. The van der Waals surface area contributed by atoms with Gasteiger partial charge in [-0.1, -0.05) is 22.0 Å². The van der Waals surface area contributed by atoms with Crippen molar-refractivity contribution in [2.45, 2.75) is 38.8 Å².